The molecule has 2 N–H and O–H groups in total. The van der Waals surface area contributed by atoms with Crippen LogP contribution in [0.1, 0.15) is 0 Å². The van der Waals surface area contributed by atoms with E-state index in [9.17, 15) is 19.2 Å². The van der Waals surface area contributed by atoms with E-state index in [-0.39, 0.29) is 28.6 Å². The Labute approximate surface area is 97.1 Å². The summed E-state index contributed by atoms with van der Waals surface area (Å²) in [6.07, 6.45) is 10.0. The minimum Gasteiger partial charge on any atom is -0.412 e. The van der Waals surface area contributed by atoms with Crippen LogP contribution >= 0.6 is 0 Å². The van der Waals surface area contributed by atoms with E-state index in [1.165, 1.54) is 48.6 Å². The maximum atomic E-state index is 10.3. The van der Waals surface area contributed by atoms with E-state index in [0.29, 0.717) is 0 Å². The van der Waals surface area contributed by atoms with E-state index in [2.05, 4.69) is 0 Å². The summed E-state index contributed by atoms with van der Waals surface area (Å²) in [6, 6.07) is 0. The lowest BCUT2D eigenvalue weighted by atomic mass is 10.2. The van der Waals surface area contributed by atoms with Crippen LogP contribution in [0, 0.1) is 0 Å². The summed E-state index contributed by atoms with van der Waals surface area (Å²) >= 11 is 0. The van der Waals surface area contributed by atoms with Gasteiger partial charge in [0.1, 0.15) is 0 Å². The van der Waals surface area contributed by atoms with Crippen molar-refractivity contribution < 1.29 is 24.7 Å². The molecular formula is C12H10O5. The average molecular weight is 234 g/mol. The van der Waals surface area contributed by atoms with Crippen LogP contribution in [0.15, 0.2) is 48.6 Å². The molecule has 0 aromatic heterocycles. The van der Waals surface area contributed by atoms with Crippen LogP contribution in [-0.4, -0.2) is 28.6 Å². The lowest BCUT2D eigenvalue weighted by Gasteiger charge is -1.87. The first-order valence-electron chi connectivity index (χ1n) is 4.46. The summed E-state index contributed by atoms with van der Waals surface area (Å²) in [6.45, 7) is 0. The largest absolute Gasteiger partial charge is 0.412 e. The number of hydrogen-bond donors (Lipinski definition) is 0. The van der Waals surface area contributed by atoms with Gasteiger partial charge in [0.05, 0.1) is 0 Å². The molecule has 0 aromatic carbocycles. The third-order valence-electron chi connectivity index (χ3n) is 1.65. The normalized spacial score (nSPS) is 16.5. The Morgan fingerprint density at radius 1 is 0.412 bits per heavy atom. The Bertz CT molecular complexity index is 343. The fourth-order valence-corrected chi connectivity index (χ4v) is 0.879. The lowest BCUT2D eigenvalue weighted by molar-refractivity contribution is -0.113. The van der Waals surface area contributed by atoms with Crippen molar-refractivity contribution in [2.45, 2.75) is 0 Å². The van der Waals surface area contributed by atoms with Gasteiger partial charge in [-0.2, -0.15) is 0 Å². The Hall–Kier alpha value is -2.40. The standard InChI is InChI=1S/2C6H4O2.H2O/c2*7-5-1-2-6(8)4-3-5;/h2*1-4H;1H2. The molecule has 17 heavy (non-hydrogen) atoms. The first kappa shape index (κ1) is 14.6. The molecule has 2 rings (SSSR count). The summed E-state index contributed by atoms with van der Waals surface area (Å²) in [4.78, 5) is 41.1. The predicted octanol–water partition coefficient (Wildman–Crippen LogP) is -0.324. The highest BCUT2D eigenvalue weighted by molar-refractivity contribution is 6.14. The van der Waals surface area contributed by atoms with Crippen LogP contribution in [0.3, 0.4) is 0 Å². The highest BCUT2D eigenvalue weighted by atomic mass is 16.1. The number of rotatable bonds is 0. The molecule has 5 heteroatoms. The third-order valence-corrected chi connectivity index (χ3v) is 1.65. The van der Waals surface area contributed by atoms with E-state index in [1.54, 1.807) is 0 Å². The minimum atomic E-state index is -0.121. The maximum Gasteiger partial charge on any atom is 0.178 e. The van der Waals surface area contributed by atoms with E-state index in [1.807, 2.05) is 0 Å². The number of hydrogen-bond acceptors (Lipinski definition) is 4. The third kappa shape index (κ3) is 5.91. The topological polar surface area (TPSA) is 99.8 Å². The zero-order valence-electron chi connectivity index (χ0n) is 8.75. The van der Waals surface area contributed by atoms with Gasteiger partial charge in [-0.15, -0.1) is 0 Å². The highest BCUT2D eigenvalue weighted by Crippen LogP contribution is 1.91. The monoisotopic (exact) mass is 234 g/mol. The molecule has 0 radical (unpaired) electrons. The van der Waals surface area contributed by atoms with Crippen LogP contribution in [0.5, 0.6) is 0 Å². The van der Waals surface area contributed by atoms with Crippen molar-refractivity contribution in [3.8, 4) is 0 Å². The SMILES string of the molecule is O.O=C1C=CC(=O)C=C1.O=C1C=CC(=O)C=C1. The van der Waals surface area contributed by atoms with Gasteiger partial charge in [0, 0.05) is 0 Å². The fraction of sp³-hybridized carbons (Fsp3) is 0. The molecule has 0 saturated heterocycles. The van der Waals surface area contributed by atoms with E-state index in [4.69, 9.17) is 0 Å². The molecule has 88 valence electrons. The van der Waals surface area contributed by atoms with Crippen molar-refractivity contribution >= 4 is 23.1 Å². The van der Waals surface area contributed by atoms with Gasteiger partial charge in [-0.25, -0.2) is 0 Å². The van der Waals surface area contributed by atoms with Gasteiger partial charge in [0.2, 0.25) is 0 Å². The Balaban J connectivity index is 0.000000284. The summed E-state index contributed by atoms with van der Waals surface area (Å²) < 4.78 is 0. The number of ketones is 4. The number of carbonyl (C=O) groups is 4. The molecule has 5 nitrogen and oxygen atoms in total. The second-order valence-corrected chi connectivity index (χ2v) is 2.94. The second kappa shape index (κ2) is 6.97. The summed E-state index contributed by atoms with van der Waals surface area (Å²) in [7, 11) is 0. The van der Waals surface area contributed by atoms with E-state index >= 15 is 0 Å². The molecule has 0 aromatic rings. The summed E-state index contributed by atoms with van der Waals surface area (Å²) in [5.41, 5.74) is 0. The Morgan fingerprint density at radius 2 is 0.529 bits per heavy atom. The van der Waals surface area contributed by atoms with Gasteiger partial charge in [-0.3, -0.25) is 19.2 Å². The number of allylic oxidation sites excluding steroid dienone is 8. The van der Waals surface area contributed by atoms with Crippen molar-refractivity contribution in [3.63, 3.8) is 0 Å². The van der Waals surface area contributed by atoms with Crippen LogP contribution in [0.2, 0.25) is 0 Å². The van der Waals surface area contributed by atoms with Crippen LogP contribution in [0.4, 0.5) is 0 Å². The van der Waals surface area contributed by atoms with Crippen LogP contribution < -0.4 is 0 Å². The quantitative estimate of drug-likeness (QED) is 0.536. The summed E-state index contributed by atoms with van der Waals surface area (Å²) in [5, 5.41) is 0. The Morgan fingerprint density at radius 3 is 0.647 bits per heavy atom. The molecule has 2 aliphatic carbocycles. The van der Waals surface area contributed by atoms with Crippen molar-refractivity contribution in [3.05, 3.63) is 48.6 Å². The molecule has 0 bridgehead atoms. The first-order valence-corrected chi connectivity index (χ1v) is 4.46. The molecular weight excluding hydrogens is 224 g/mol. The van der Waals surface area contributed by atoms with Crippen molar-refractivity contribution in [2.24, 2.45) is 0 Å². The molecule has 0 amide bonds. The van der Waals surface area contributed by atoms with Gasteiger partial charge in [-0.05, 0) is 48.6 Å². The predicted molar refractivity (Wildman–Crippen MR) is 60.2 cm³/mol. The minimum absolute atomic E-state index is 0. The molecule has 0 fully saturated rings. The molecule has 0 unspecified atom stereocenters. The van der Waals surface area contributed by atoms with Gasteiger partial charge in [0.15, 0.2) is 23.1 Å². The molecule has 0 aliphatic heterocycles. The molecule has 0 spiro atoms. The first-order chi connectivity index (χ1) is 7.58. The van der Waals surface area contributed by atoms with Gasteiger partial charge < -0.3 is 5.48 Å². The molecule has 0 heterocycles. The maximum absolute atomic E-state index is 10.3. The van der Waals surface area contributed by atoms with Crippen molar-refractivity contribution in [1.29, 1.82) is 0 Å². The van der Waals surface area contributed by atoms with Crippen LogP contribution in [-0.2, 0) is 19.2 Å². The lowest BCUT2D eigenvalue weighted by Crippen LogP contribution is -1.97. The highest BCUT2D eigenvalue weighted by Gasteiger charge is 1.98. The summed E-state index contributed by atoms with van der Waals surface area (Å²) in [5.74, 6) is -0.483. The number of carbonyl (C=O) groups excluding carboxylic acids is 4. The van der Waals surface area contributed by atoms with Gasteiger partial charge in [-0.1, -0.05) is 0 Å². The Kier molecular flexibility index (Phi) is 5.99. The van der Waals surface area contributed by atoms with Crippen molar-refractivity contribution in [2.75, 3.05) is 0 Å². The zero-order chi connectivity index (χ0) is 12.0. The zero-order valence-corrected chi connectivity index (χ0v) is 8.75. The molecule has 0 atom stereocenters. The second-order valence-electron chi connectivity index (χ2n) is 2.94. The van der Waals surface area contributed by atoms with Gasteiger partial charge >= 0.3 is 0 Å². The smallest absolute Gasteiger partial charge is 0.178 e. The fourth-order valence-electron chi connectivity index (χ4n) is 0.879. The van der Waals surface area contributed by atoms with Crippen LogP contribution in [0.25, 0.3) is 0 Å². The average Bonchev–Trinajstić information content (AvgIpc) is 2.28. The van der Waals surface area contributed by atoms with E-state index < -0.39 is 0 Å². The van der Waals surface area contributed by atoms with E-state index in [0.717, 1.165) is 0 Å². The van der Waals surface area contributed by atoms with Crippen molar-refractivity contribution in [1.82, 2.24) is 0 Å². The molecule has 2 aliphatic rings. The molecule has 0 saturated carbocycles. The van der Waals surface area contributed by atoms with Gasteiger partial charge in [0.25, 0.3) is 0 Å².